The summed E-state index contributed by atoms with van der Waals surface area (Å²) < 4.78 is 27.1. The van der Waals surface area contributed by atoms with Crippen LogP contribution < -0.4 is 10.0 Å². The van der Waals surface area contributed by atoms with Crippen molar-refractivity contribution in [3.63, 3.8) is 0 Å². The zero-order valence-electron chi connectivity index (χ0n) is 15.4. The first-order chi connectivity index (χ1) is 13.0. The molecule has 0 unspecified atom stereocenters. The van der Waals surface area contributed by atoms with Gasteiger partial charge in [-0.25, -0.2) is 8.42 Å². The van der Waals surface area contributed by atoms with Crippen molar-refractivity contribution in [3.05, 3.63) is 64.2 Å². The first-order valence-corrected chi connectivity index (χ1v) is 9.79. The number of aliphatic hydroxyl groups excluding tert-OH is 1. The van der Waals surface area contributed by atoms with Gasteiger partial charge in [-0.1, -0.05) is 12.1 Å². The highest BCUT2D eigenvalue weighted by Crippen LogP contribution is 2.19. The first kappa shape index (κ1) is 21.3. The summed E-state index contributed by atoms with van der Waals surface area (Å²) in [6.07, 6.45) is 0.0822. The molecule has 28 heavy (non-hydrogen) atoms. The Kier molecular flexibility index (Phi) is 6.37. The van der Waals surface area contributed by atoms with E-state index in [1.807, 2.05) is 0 Å². The highest BCUT2D eigenvalue weighted by atomic mass is 32.2. The number of non-ortho nitro benzene ring substituents is 1. The van der Waals surface area contributed by atoms with Crippen LogP contribution in [0.5, 0.6) is 0 Å². The van der Waals surface area contributed by atoms with Gasteiger partial charge >= 0.3 is 0 Å². The van der Waals surface area contributed by atoms with E-state index in [9.17, 15) is 28.4 Å². The van der Waals surface area contributed by atoms with Gasteiger partial charge in [-0.15, -0.1) is 0 Å². The maximum Gasteiger partial charge on any atom is 0.269 e. The van der Waals surface area contributed by atoms with E-state index in [2.05, 4.69) is 10.0 Å². The van der Waals surface area contributed by atoms with Crippen molar-refractivity contribution in [1.29, 1.82) is 0 Å². The number of hydrogen-bond acceptors (Lipinski definition) is 6. The molecule has 2 aromatic rings. The Balaban J connectivity index is 2.05. The Bertz CT molecular complexity index is 954. The van der Waals surface area contributed by atoms with E-state index >= 15 is 0 Å². The molecule has 0 heterocycles. The number of benzene rings is 2. The largest absolute Gasteiger partial charge is 0.394 e. The van der Waals surface area contributed by atoms with Gasteiger partial charge in [-0.05, 0) is 43.7 Å². The average Bonchev–Trinajstić information content (AvgIpc) is 2.62. The second-order valence-corrected chi connectivity index (χ2v) is 8.50. The molecule has 0 atom stereocenters. The van der Waals surface area contributed by atoms with Crippen LogP contribution in [0, 0.1) is 10.1 Å². The van der Waals surface area contributed by atoms with E-state index in [1.165, 1.54) is 12.1 Å². The summed E-state index contributed by atoms with van der Waals surface area (Å²) >= 11 is 0. The number of nitrogens with one attached hydrogen (secondary N) is 2. The summed E-state index contributed by atoms with van der Waals surface area (Å²) in [6.45, 7) is 3.20. The Labute approximate surface area is 162 Å². The molecule has 2 rings (SSSR count). The summed E-state index contributed by atoms with van der Waals surface area (Å²) in [7, 11) is -3.90. The first-order valence-electron chi connectivity index (χ1n) is 8.30. The van der Waals surface area contributed by atoms with Gasteiger partial charge in [0.2, 0.25) is 5.91 Å². The van der Waals surface area contributed by atoms with Gasteiger partial charge in [0.15, 0.2) is 0 Å². The smallest absolute Gasteiger partial charge is 0.269 e. The van der Waals surface area contributed by atoms with E-state index in [-0.39, 0.29) is 35.2 Å². The van der Waals surface area contributed by atoms with Crippen molar-refractivity contribution >= 4 is 27.3 Å². The third-order valence-corrected chi connectivity index (χ3v) is 5.20. The standard InChI is InChI=1S/C18H21N3O6S/c1-18(2,12-22)19-17(23)11-13-3-5-14(6-4-13)20-28(26,27)16-9-7-15(8-10-16)21(24)25/h3-10,20,22H,11-12H2,1-2H3,(H,19,23). The lowest BCUT2D eigenvalue weighted by Crippen LogP contribution is -2.46. The quantitative estimate of drug-likeness (QED) is 0.451. The van der Waals surface area contributed by atoms with E-state index in [1.54, 1.807) is 26.0 Å². The van der Waals surface area contributed by atoms with Gasteiger partial charge in [0.05, 0.1) is 28.4 Å². The second kappa shape index (κ2) is 8.36. The van der Waals surface area contributed by atoms with Crippen LogP contribution in [0.15, 0.2) is 53.4 Å². The molecule has 0 fully saturated rings. The molecule has 0 aliphatic heterocycles. The van der Waals surface area contributed by atoms with Gasteiger partial charge < -0.3 is 10.4 Å². The Morgan fingerprint density at radius 1 is 1.11 bits per heavy atom. The molecule has 0 bridgehead atoms. The fraction of sp³-hybridized carbons (Fsp3) is 0.278. The molecular formula is C18H21N3O6S. The highest BCUT2D eigenvalue weighted by molar-refractivity contribution is 7.92. The number of rotatable bonds is 8. The maximum absolute atomic E-state index is 12.4. The zero-order chi connectivity index (χ0) is 20.9. The second-order valence-electron chi connectivity index (χ2n) is 6.82. The molecular weight excluding hydrogens is 386 g/mol. The molecule has 0 saturated carbocycles. The number of amides is 1. The SMILES string of the molecule is CC(C)(CO)NC(=O)Cc1ccc(NS(=O)(=O)c2ccc([N+](=O)[O-])cc2)cc1. The average molecular weight is 407 g/mol. The van der Waals surface area contributed by atoms with Crippen LogP contribution in [-0.2, 0) is 21.2 Å². The normalized spacial score (nSPS) is 11.7. The Morgan fingerprint density at radius 2 is 1.68 bits per heavy atom. The molecule has 0 radical (unpaired) electrons. The van der Waals surface area contributed by atoms with Crippen molar-refractivity contribution in [1.82, 2.24) is 5.32 Å². The van der Waals surface area contributed by atoms with Crippen molar-refractivity contribution in [2.45, 2.75) is 30.7 Å². The van der Waals surface area contributed by atoms with Gasteiger partial charge in [0.25, 0.3) is 15.7 Å². The lowest BCUT2D eigenvalue weighted by Gasteiger charge is -2.23. The number of hydrogen-bond donors (Lipinski definition) is 3. The fourth-order valence-electron chi connectivity index (χ4n) is 2.30. The molecule has 0 aliphatic rings. The van der Waals surface area contributed by atoms with Crippen molar-refractivity contribution in [3.8, 4) is 0 Å². The van der Waals surface area contributed by atoms with Crippen LogP contribution in [-0.4, -0.2) is 36.5 Å². The van der Waals surface area contributed by atoms with Crippen LogP contribution in [0.1, 0.15) is 19.4 Å². The summed E-state index contributed by atoms with van der Waals surface area (Å²) in [5, 5.41) is 22.5. The minimum absolute atomic E-state index is 0.0822. The van der Waals surface area contributed by atoms with Crippen molar-refractivity contribution < 1.29 is 23.2 Å². The zero-order valence-corrected chi connectivity index (χ0v) is 16.2. The van der Waals surface area contributed by atoms with Gasteiger partial charge in [-0.2, -0.15) is 0 Å². The molecule has 0 spiro atoms. The number of carbonyl (C=O) groups excluding carboxylic acids is 1. The number of carbonyl (C=O) groups is 1. The van der Waals surface area contributed by atoms with Crippen LogP contribution in [0.2, 0.25) is 0 Å². The van der Waals surface area contributed by atoms with Crippen molar-refractivity contribution in [2.24, 2.45) is 0 Å². The number of nitro groups is 1. The monoisotopic (exact) mass is 407 g/mol. The summed E-state index contributed by atoms with van der Waals surface area (Å²) in [5.74, 6) is -0.265. The molecule has 3 N–H and O–H groups in total. The minimum atomic E-state index is -3.90. The lowest BCUT2D eigenvalue weighted by atomic mass is 10.1. The maximum atomic E-state index is 12.4. The van der Waals surface area contributed by atoms with E-state index in [4.69, 9.17) is 0 Å². The predicted molar refractivity (Wildman–Crippen MR) is 103 cm³/mol. The Morgan fingerprint density at radius 3 is 2.18 bits per heavy atom. The van der Waals surface area contributed by atoms with Gasteiger partial charge in [-0.3, -0.25) is 19.6 Å². The third kappa shape index (κ3) is 5.76. The number of aliphatic hydroxyl groups is 1. The molecule has 1 amide bonds. The number of nitro benzene ring substituents is 1. The number of anilines is 1. The molecule has 0 aliphatic carbocycles. The molecule has 150 valence electrons. The fourth-order valence-corrected chi connectivity index (χ4v) is 3.36. The number of nitrogens with zero attached hydrogens (tertiary/aromatic N) is 1. The molecule has 2 aromatic carbocycles. The molecule has 0 saturated heterocycles. The summed E-state index contributed by atoms with van der Waals surface area (Å²) in [4.78, 5) is 21.9. The molecule has 0 aromatic heterocycles. The van der Waals surface area contributed by atoms with Crippen LogP contribution in [0.4, 0.5) is 11.4 Å². The van der Waals surface area contributed by atoms with Gasteiger partial charge in [0, 0.05) is 17.8 Å². The molecule has 9 nitrogen and oxygen atoms in total. The van der Waals surface area contributed by atoms with Gasteiger partial charge in [0.1, 0.15) is 0 Å². The Hall–Kier alpha value is -2.98. The van der Waals surface area contributed by atoms with Crippen LogP contribution in [0.3, 0.4) is 0 Å². The van der Waals surface area contributed by atoms with E-state index in [0.29, 0.717) is 5.56 Å². The van der Waals surface area contributed by atoms with E-state index in [0.717, 1.165) is 24.3 Å². The van der Waals surface area contributed by atoms with Crippen molar-refractivity contribution in [2.75, 3.05) is 11.3 Å². The topological polar surface area (TPSA) is 139 Å². The third-order valence-electron chi connectivity index (χ3n) is 3.80. The van der Waals surface area contributed by atoms with Crippen LogP contribution >= 0.6 is 0 Å². The lowest BCUT2D eigenvalue weighted by molar-refractivity contribution is -0.384. The summed E-state index contributed by atoms with van der Waals surface area (Å²) in [5.41, 5.74) is 0.0332. The highest BCUT2D eigenvalue weighted by Gasteiger charge is 2.19. The predicted octanol–water partition coefficient (Wildman–Crippen LogP) is 1.83. The molecule has 10 heteroatoms. The van der Waals surface area contributed by atoms with Crippen LogP contribution in [0.25, 0.3) is 0 Å². The van der Waals surface area contributed by atoms with E-state index < -0.39 is 20.5 Å². The minimum Gasteiger partial charge on any atom is -0.394 e. The summed E-state index contributed by atoms with van der Waals surface area (Å²) in [6, 6.07) is 10.8. The number of sulfonamides is 1.